The predicted octanol–water partition coefficient (Wildman–Crippen LogP) is 3.34. The molecular weight excluding hydrogens is 297 g/mol. The molecule has 0 unspecified atom stereocenters. The molecule has 0 saturated carbocycles. The molecule has 0 aliphatic carbocycles. The van der Waals surface area contributed by atoms with Gasteiger partial charge >= 0.3 is 6.18 Å². The fraction of sp³-hybridized carbons (Fsp3) is 0.267. The van der Waals surface area contributed by atoms with Crippen molar-refractivity contribution in [2.75, 3.05) is 13.2 Å². The van der Waals surface area contributed by atoms with Gasteiger partial charge in [-0.1, -0.05) is 6.07 Å². The first-order chi connectivity index (χ1) is 10.5. The van der Waals surface area contributed by atoms with E-state index in [0.717, 1.165) is 12.1 Å². The molecule has 0 atom stereocenters. The average Bonchev–Trinajstić information content (AvgIpc) is 2.94. The van der Waals surface area contributed by atoms with Crippen LogP contribution in [0.1, 0.15) is 17.1 Å². The highest BCUT2D eigenvalue weighted by molar-refractivity contribution is 5.30. The number of nitrogens with one attached hydrogen (secondary N) is 1. The lowest BCUT2D eigenvalue weighted by Crippen LogP contribution is -2.20. The number of furan rings is 1. The Morgan fingerprint density at radius 2 is 2.05 bits per heavy atom. The molecule has 0 fully saturated rings. The van der Waals surface area contributed by atoms with Gasteiger partial charge < -0.3 is 14.5 Å². The number of hydrogen-bond acceptors (Lipinski definition) is 4. The predicted molar refractivity (Wildman–Crippen MR) is 72.1 cm³/mol. The zero-order valence-corrected chi connectivity index (χ0v) is 11.5. The first-order valence-corrected chi connectivity index (χ1v) is 6.48. The molecule has 0 bridgehead atoms. The second-order valence-corrected chi connectivity index (χ2v) is 4.43. The number of nitriles is 1. The summed E-state index contributed by atoms with van der Waals surface area (Å²) in [5.74, 6) is 1.01. The van der Waals surface area contributed by atoms with E-state index in [1.807, 2.05) is 6.07 Å². The molecule has 0 spiro atoms. The maximum absolute atomic E-state index is 12.5. The van der Waals surface area contributed by atoms with Gasteiger partial charge in [0, 0.05) is 6.54 Å². The van der Waals surface area contributed by atoms with E-state index < -0.39 is 11.7 Å². The number of alkyl halides is 3. The fourth-order valence-corrected chi connectivity index (χ4v) is 1.75. The summed E-state index contributed by atoms with van der Waals surface area (Å²) in [6, 6.07) is 9.86. The number of ether oxygens (including phenoxy) is 1. The lowest BCUT2D eigenvalue weighted by atomic mass is 10.2. The summed E-state index contributed by atoms with van der Waals surface area (Å²) in [6.45, 7) is 1.06. The maximum Gasteiger partial charge on any atom is 0.416 e. The van der Waals surface area contributed by atoms with E-state index in [9.17, 15) is 13.2 Å². The van der Waals surface area contributed by atoms with Crippen molar-refractivity contribution in [3.63, 3.8) is 0 Å². The number of hydrogen-bond donors (Lipinski definition) is 1. The molecule has 1 heterocycles. The molecule has 116 valence electrons. The highest BCUT2D eigenvalue weighted by atomic mass is 19.4. The van der Waals surface area contributed by atoms with Crippen molar-refractivity contribution in [2.45, 2.75) is 12.7 Å². The molecule has 1 aromatic carbocycles. The van der Waals surface area contributed by atoms with Crippen LogP contribution in [0.25, 0.3) is 0 Å². The highest BCUT2D eigenvalue weighted by Crippen LogP contribution is 2.31. The van der Waals surface area contributed by atoms with Crippen LogP contribution >= 0.6 is 0 Å². The van der Waals surface area contributed by atoms with Crippen LogP contribution in [0.4, 0.5) is 13.2 Å². The lowest BCUT2D eigenvalue weighted by Gasteiger charge is -2.10. The molecule has 0 aliphatic heterocycles. The van der Waals surface area contributed by atoms with Gasteiger partial charge in [0.1, 0.15) is 24.2 Å². The van der Waals surface area contributed by atoms with Crippen molar-refractivity contribution in [3.8, 4) is 11.8 Å². The number of nitrogens with zero attached hydrogens (tertiary/aromatic N) is 1. The quantitative estimate of drug-likeness (QED) is 0.831. The maximum atomic E-state index is 12.5. The minimum Gasteiger partial charge on any atom is -0.492 e. The molecule has 0 saturated heterocycles. The molecule has 0 amide bonds. The van der Waals surface area contributed by atoms with Gasteiger partial charge in [-0.25, -0.2) is 0 Å². The normalized spacial score (nSPS) is 11.2. The molecule has 1 aromatic heterocycles. The minimum atomic E-state index is -4.38. The minimum absolute atomic E-state index is 0.168. The zero-order chi connectivity index (χ0) is 16.0. The monoisotopic (exact) mass is 310 g/mol. The topological polar surface area (TPSA) is 58.2 Å². The third kappa shape index (κ3) is 4.53. The standard InChI is InChI=1S/C15H13F3N2O2/c16-15(17,18)11-2-1-3-12(8-11)21-7-6-20-10-14-5-4-13(9-19)22-14/h1-5,8,20H,6-7,10H2. The van der Waals surface area contributed by atoms with Gasteiger partial charge in [-0.2, -0.15) is 18.4 Å². The van der Waals surface area contributed by atoms with E-state index in [-0.39, 0.29) is 18.1 Å². The number of halogens is 3. The summed E-state index contributed by atoms with van der Waals surface area (Å²) in [4.78, 5) is 0. The van der Waals surface area contributed by atoms with Crippen molar-refractivity contribution in [3.05, 3.63) is 53.5 Å². The lowest BCUT2D eigenvalue weighted by molar-refractivity contribution is -0.137. The molecule has 1 N–H and O–H groups in total. The Hall–Kier alpha value is -2.46. The van der Waals surface area contributed by atoms with Crippen LogP contribution in [-0.4, -0.2) is 13.2 Å². The van der Waals surface area contributed by atoms with Crippen LogP contribution in [-0.2, 0) is 12.7 Å². The van der Waals surface area contributed by atoms with Gasteiger partial charge in [0.2, 0.25) is 5.76 Å². The zero-order valence-electron chi connectivity index (χ0n) is 11.5. The van der Waals surface area contributed by atoms with Gasteiger partial charge in [-0.05, 0) is 30.3 Å². The van der Waals surface area contributed by atoms with Gasteiger partial charge in [0.05, 0.1) is 12.1 Å². The fourth-order valence-electron chi connectivity index (χ4n) is 1.75. The number of rotatable bonds is 6. The Morgan fingerprint density at radius 3 is 2.73 bits per heavy atom. The van der Waals surface area contributed by atoms with Crippen molar-refractivity contribution < 1.29 is 22.3 Å². The van der Waals surface area contributed by atoms with Crippen LogP contribution in [0.5, 0.6) is 5.75 Å². The van der Waals surface area contributed by atoms with Gasteiger partial charge in [0.15, 0.2) is 0 Å². The van der Waals surface area contributed by atoms with Crippen molar-refractivity contribution >= 4 is 0 Å². The molecular formula is C15H13F3N2O2. The Bertz CT molecular complexity index is 659. The number of benzene rings is 1. The van der Waals surface area contributed by atoms with Crippen LogP contribution in [0.3, 0.4) is 0 Å². The summed E-state index contributed by atoms with van der Waals surface area (Å²) in [5.41, 5.74) is -0.738. The summed E-state index contributed by atoms with van der Waals surface area (Å²) >= 11 is 0. The Labute approximate surface area is 125 Å². The molecule has 2 aromatic rings. The van der Waals surface area contributed by atoms with Crippen molar-refractivity contribution in [2.24, 2.45) is 0 Å². The molecule has 4 nitrogen and oxygen atoms in total. The summed E-state index contributed by atoms with van der Waals surface area (Å²) < 4.78 is 48.0. The Balaban J connectivity index is 1.74. The molecule has 0 aliphatic rings. The largest absolute Gasteiger partial charge is 0.492 e. The second-order valence-electron chi connectivity index (χ2n) is 4.43. The highest BCUT2D eigenvalue weighted by Gasteiger charge is 2.30. The first-order valence-electron chi connectivity index (χ1n) is 6.48. The summed E-state index contributed by atoms with van der Waals surface area (Å²) in [5, 5.41) is 11.6. The van der Waals surface area contributed by atoms with E-state index in [4.69, 9.17) is 14.4 Å². The van der Waals surface area contributed by atoms with Crippen LogP contribution in [0, 0.1) is 11.3 Å². The molecule has 22 heavy (non-hydrogen) atoms. The van der Waals surface area contributed by atoms with E-state index in [1.54, 1.807) is 12.1 Å². The SMILES string of the molecule is N#Cc1ccc(CNCCOc2cccc(C(F)(F)F)c2)o1. The van der Waals surface area contributed by atoms with Gasteiger partial charge in [-0.15, -0.1) is 0 Å². The second kappa shape index (κ2) is 7.00. The molecule has 0 radical (unpaired) electrons. The third-order valence-corrected chi connectivity index (χ3v) is 2.78. The van der Waals surface area contributed by atoms with Crippen molar-refractivity contribution in [1.29, 1.82) is 5.26 Å². The van der Waals surface area contributed by atoms with Crippen LogP contribution in [0.15, 0.2) is 40.8 Å². The smallest absolute Gasteiger partial charge is 0.416 e. The van der Waals surface area contributed by atoms with Gasteiger partial charge in [0.25, 0.3) is 0 Å². The van der Waals surface area contributed by atoms with E-state index >= 15 is 0 Å². The Morgan fingerprint density at radius 1 is 1.23 bits per heavy atom. The van der Waals surface area contributed by atoms with E-state index in [0.29, 0.717) is 18.8 Å². The van der Waals surface area contributed by atoms with E-state index in [2.05, 4.69) is 5.32 Å². The summed E-state index contributed by atoms with van der Waals surface area (Å²) in [7, 11) is 0. The van der Waals surface area contributed by atoms with Crippen LogP contribution in [0.2, 0.25) is 0 Å². The van der Waals surface area contributed by atoms with Crippen LogP contribution < -0.4 is 10.1 Å². The summed E-state index contributed by atoms with van der Waals surface area (Å²) in [6.07, 6.45) is -4.38. The Kier molecular flexibility index (Phi) is 5.07. The molecule has 7 heteroatoms. The molecule has 2 rings (SSSR count). The average molecular weight is 310 g/mol. The third-order valence-electron chi connectivity index (χ3n) is 2.78. The van der Waals surface area contributed by atoms with E-state index in [1.165, 1.54) is 12.1 Å². The van der Waals surface area contributed by atoms with Crippen molar-refractivity contribution in [1.82, 2.24) is 5.32 Å². The van der Waals surface area contributed by atoms with Gasteiger partial charge in [-0.3, -0.25) is 0 Å². The first kappa shape index (κ1) is 15.9.